The van der Waals surface area contributed by atoms with Gasteiger partial charge in [-0.15, -0.1) is 11.3 Å². The minimum absolute atomic E-state index is 0.0822. The lowest BCUT2D eigenvalue weighted by Crippen LogP contribution is -2.22. The summed E-state index contributed by atoms with van der Waals surface area (Å²) in [6.45, 7) is 1.61. The van der Waals surface area contributed by atoms with E-state index in [0.717, 1.165) is 29.7 Å². The van der Waals surface area contributed by atoms with Crippen LogP contribution in [0, 0.1) is 5.92 Å². The first kappa shape index (κ1) is 24.4. The summed E-state index contributed by atoms with van der Waals surface area (Å²) in [5, 5.41) is 3.11. The van der Waals surface area contributed by atoms with Crippen LogP contribution in [-0.2, 0) is 27.1 Å². The second kappa shape index (κ2) is 10.6. The number of carbonyl (C=O) groups is 3. The topological polar surface area (TPSA) is 109 Å². The van der Waals surface area contributed by atoms with Crippen LogP contribution < -0.4 is 19.5 Å². The van der Waals surface area contributed by atoms with E-state index in [1.807, 2.05) is 0 Å². The third kappa shape index (κ3) is 5.05. The lowest BCUT2D eigenvalue weighted by molar-refractivity contribution is -0.119. The Morgan fingerprint density at radius 3 is 2.39 bits per heavy atom. The highest BCUT2D eigenvalue weighted by atomic mass is 32.1. The smallest absolute Gasteiger partial charge is 0.342 e. The summed E-state index contributed by atoms with van der Waals surface area (Å²) in [6.07, 6.45) is 2.56. The molecule has 178 valence electrons. The van der Waals surface area contributed by atoms with E-state index in [-0.39, 0.29) is 17.1 Å². The maximum Gasteiger partial charge on any atom is 0.342 e. The molecule has 1 heterocycles. The summed E-state index contributed by atoms with van der Waals surface area (Å²) < 4.78 is 25.9. The second-order valence-corrected chi connectivity index (χ2v) is 8.66. The molecule has 0 saturated carbocycles. The molecule has 0 fully saturated rings. The molecule has 0 bridgehead atoms. The van der Waals surface area contributed by atoms with E-state index in [0.29, 0.717) is 22.2 Å². The molecular formula is C23H27NO8S. The van der Waals surface area contributed by atoms with E-state index in [2.05, 4.69) is 12.2 Å². The Kier molecular flexibility index (Phi) is 7.80. The van der Waals surface area contributed by atoms with Gasteiger partial charge in [0.05, 0.1) is 34.0 Å². The SMILES string of the molecule is COC(=O)c1c(NC(=O)COC(=O)c2ccc(OC)c(OC)c2OC)sc2c1CCC(C)C2. The van der Waals surface area contributed by atoms with Crippen molar-refractivity contribution in [3.63, 3.8) is 0 Å². The number of thiophene rings is 1. The maximum absolute atomic E-state index is 12.6. The van der Waals surface area contributed by atoms with Crippen LogP contribution in [-0.4, -0.2) is 52.9 Å². The molecular weight excluding hydrogens is 450 g/mol. The second-order valence-electron chi connectivity index (χ2n) is 7.55. The number of ether oxygens (including phenoxy) is 5. The Morgan fingerprint density at radius 2 is 1.76 bits per heavy atom. The molecule has 3 rings (SSSR count). The highest BCUT2D eigenvalue weighted by Crippen LogP contribution is 2.41. The summed E-state index contributed by atoms with van der Waals surface area (Å²) in [4.78, 5) is 38.6. The third-order valence-electron chi connectivity index (χ3n) is 5.41. The molecule has 1 atom stereocenters. The predicted molar refractivity (Wildman–Crippen MR) is 122 cm³/mol. The fourth-order valence-electron chi connectivity index (χ4n) is 3.79. The van der Waals surface area contributed by atoms with Gasteiger partial charge >= 0.3 is 11.9 Å². The summed E-state index contributed by atoms with van der Waals surface area (Å²) in [7, 11) is 5.57. The molecule has 33 heavy (non-hydrogen) atoms. The fourth-order valence-corrected chi connectivity index (χ4v) is 5.21. The molecule has 0 spiro atoms. The highest BCUT2D eigenvalue weighted by Gasteiger charge is 2.29. The Bertz CT molecular complexity index is 1060. The molecule has 0 radical (unpaired) electrons. The van der Waals surface area contributed by atoms with Crippen molar-refractivity contribution in [3.8, 4) is 17.2 Å². The number of rotatable bonds is 8. The Morgan fingerprint density at radius 1 is 1.03 bits per heavy atom. The first-order valence-corrected chi connectivity index (χ1v) is 11.1. The van der Waals surface area contributed by atoms with Crippen molar-refractivity contribution in [3.05, 3.63) is 33.7 Å². The first-order valence-electron chi connectivity index (χ1n) is 10.3. The van der Waals surface area contributed by atoms with E-state index in [9.17, 15) is 14.4 Å². The van der Waals surface area contributed by atoms with E-state index in [1.54, 1.807) is 0 Å². The molecule has 1 aromatic carbocycles. The number of hydrogen-bond donors (Lipinski definition) is 1. The zero-order chi connectivity index (χ0) is 24.1. The molecule has 1 aliphatic carbocycles. The molecule has 0 saturated heterocycles. The lowest BCUT2D eigenvalue weighted by atomic mass is 9.88. The lowest BCUT2D eigenvalue weighted by Gasteiger charge is -2.18. The zero-order valence-corrected chi connectivity index (χ0v) is 20.1. The van der Waals surface area contributed by atoms with Gasteiger partial charge in [0.2, 0.25) is 5.75 Å². The van der Waals surface area contributed by atoms with Crippen LogP contribution in [0.1, 0.15) is 44.5 Å². The van der Waals surface area contributed by atoms with E-state index >= 15 is 0 Å². The Hall–Kier alpha value is -3.27. The van der Waals surface area contributed by atoms with E-state index in [4.69, 9.17) is 23.7 Å². The number of amides is 1. The number of hydrogen-bond acceptors (Lipinski definition) is 9. The van der Waals surface area contributed by atoms with Crippen molar-refractivity contribution in [2.75, 3.05) is 40.4 Å². The van der Waals surface area contributed by atoms with Crippen LogP contribution >= 0.6 is 11.3 Å². The van der Waals surface area contributed by atoms with E-state index < -0.39 is 24.5 Å². The molecule has 10 heteroatoms. The van der Waals surface area contributed by atoms with Gasteiger partial charge in [0, 0.05) is 4.88 Å². The monoisotopic (exact) mass is 477 g/mol. The normalized spacial score (nSPS) is 14.6. The molecule has 1 amide bonds. The Balaban J connectivity index is 1.74. The number of carbonyl (C=O) groups excluding carboxylic acids is 3. The van der Waals surface area contributed by atoms with Gasteiger partial charge < -0.3 is 29.0 Å². The van der Waals surface area contributed by atoms with Crippen LogP contribution in [0.4, 0.5) is 5.00 Å². The standard InChI is InChI=1S/C23H27NO8S/c1-12-6-7-13-16(10-12)33-21(18(13)23(27)31-5)24-17(25)11-32-22(26)14-8-9-15(28-2)20(30-4)19(14)29-3/h8-9,12H,6-7,10-11H2,1-5H3,(H,24,25). The molecule has 2 aromatic rings. The Labute approximate surface area is 195 Å². The number of nitrogens with one attached hydrogen (secondary N) is 1. The van der Waals surface area contributed by atoms with Gasteiger partial charge in [-0.25, -0.2) is 9.59 Å². The van der Waals surface area contributed by atoms with Gasteiger partial charge in [0.25, 0.3) is 5.91 Å². The molecule has 9 nitrogen and oxygen atoms in total. The van der Waals surface area contributed by atoms with Crippen LogP contribution in [0.15, 0.2) is 12.1 Å². The first-order chi connectivity index (χ1) is 15.8. The number of esters is 2. The van der Waals surface area contributed by atoms with Crippen molar-refractivity contribution in [2.45, 2.75) is 26.2 Å². The summed E-state index contributed by atoms with van der Waals surface area (Å²) >= 11 is 1.36. The molecule has 1 aliphatic rings. The van der Waals surface area contributed by atoms with Crippen molar-refractivity contribution < 1.29 is 38.1 Å². The number of methoxy groups -OCH3 is 4. The van der Waals surface area contributed by atoms with Gasteiger partial charge in [-0.3, -0.25) is 4.79 Å². The molecule has 1 N–H and O–H groups in total. The minimum atomic E-state index is -0.768. The van der Waals surface area contributed by atoms with Gasteiger partial charge in [0.1, 0.15) is 10.6 Å². The number of anilines is 1. The summed E-state index contributed by atoms with van der Waals surface area (Å²) in [5.41, 5.74) is 1.39. The third-order valence-corrected chi connectivity index (χ3v) is 6.58. The van der Waals surface area contributed by atoms with Gasteiger partial charge in [0.15, 0.2) is 18.1 Å². The number of benzene rings is 1. The maximum atomic E-state index is 12.6. The minimum Gasteiger partial charge on any atom is -0.493 e. The van der Waals surface area contributed by atoms with Crippen molar-refractivity contribution in [1.82, 2.24) is 0 Å². The van der Waals surface area contributed by atoms with E-state index in [1.165, 1.54) is 51.9 Å². The van der Waals surface area contributed by atoms with Crippen molar-refractivity contribution >= 4 is 34.2 Å². The van der Waals surface area contributed by atoms with Crippen molar-refractivity contribution in [1.29, 1.82) is 0 Å². The van der Waals surface area contributed by atoms with Gasteiger partial charge in [-0.1, -0.05) is 6.92 Å². The van der Waals surface area contributed by atoms with Gasteiger partial charge in [-0.05, 0) is 42.9 Å². The van der Waals surface area contributed by atoms with Crippen LogP contribution in [0.5, 0.6) is 17.2 Å². The fraction of sp³-hybridized carbons (Fsp3) is 0.435. The number of fused-ring (bicyclic) bond motifs is 1. The molecule has 1 aromatic heterocycles. The van der Waals surface area contributed by atoms with Crippen molar-refractivity contribution in [2.24, 2.45) is 5.92 Å². The average Bonchev–Trinajstić information content (AvgIpc) is 3.17. The zero-order valence-electron chi connectivity index (χ0n) is 19.2. The van der Waals surface area contributed by atoms with Gasteiger partial charge in [-0.2, -0.15) is 0 Å². The largest absolute Gasteiger partial charge is 0.493 e. The summed E-state index contributed by atoms with van der Waals surface area (Å²) in [6, 6.07) is 3.00. The molecule has 0 aliphatic heterocycles. The van der Waals surface area contributed by atoms with Crippen LogP contribution in [0.2, 0.25) is 0 Å². The van der Waals surface area contributed by atoms with Crippen LogP contribution in [0.25, 0.3) is 0 Å². The molecule has 1 unspecified atom stereocenters. The highest BCUT2D eigenvalue weighted by molar-refractivity contribution is 7.17. The average molecular weight is 478 g/mol. The summed E-state index contributed by atoms with van der Waals surface area (Å²) in [5.74, 6) is -0.577. The van der Waals surface area contributed by atoms with Crippen LogP contribution in [0.3, 0.4) is 0 Å². The predicted octanol–water partition coefficient (Wildman–Crippen LogP) is 3.48. The quantitative estimate of drug-likeness (QED) is 0.576.